The van der Waals surface area contributed by atoms with Gasteiger partial charge in [0.1, 0.15) is 0 Å². The highest BCUT2D eigenvalue weighted by molar-refractivity contribution is 6.34. The summed E-state index contributed by atoms with van der Waals surface area (Å²) in [6.45, 7) is 0. The normalized spacial score (nSPS) is 11.2. The zero-order valence-corrected chi connectivity index (χ0v) is 11.8. The summed E-state index contributed by atoms with van der Waals surface area (Å²) < 4.78 is 66.8. The molecule has 0 radical (unpaired) electrons. The number of amides is 1. The second-order valence-corrected chi connectivity index (χ2v) is 4.65. The smallest absolute Gasteiger partial charge is 0.404 e. The van der Waals surface area contributed by atoms with Gasteiger partial charge in [-0.25, -0.2) is 8.78 Å². The van der Waals surface area contributed by atoms with Crippen LogP contribution in [-0.2, 0) is 0 Å². The summed E-state index contributed by atoms with van der Waals surface area (Å²) in [6, 6.07) is 5.87. The Morgan fingerprint density at radius 3 is 2.35 bits per heavy atom. The Balaban J connectivity index is 2.30. The number of carbonyl (C=O) groups is 1. The zero-order valence-electron chi connectivity index (χ0n) is 11.0. The first kappa shape index (κ1) is 17.0. The fourth-order valence-electron chi connectivity index (χ4n) is 1.67. The number of halogens is 6. The number of hydrogen-bond donors (Lipinski definition) is 1. The van der Waals surface area contributed by atoms with Crippen LogP contribution < -0.4 is 10.1 Å². The van der Waals surface area contributed by atoms with Crippen molar-refractivity contribution in [2.75, 3.05) is 5.32 Å². The molecule has 0 bridgehead atoms. The lowest BCUT2D eigenvalue weighted by molar-refractivity contribution is -0.274. The van der Waals surface area contributed by atoms with Gasteiger partial charge in [-0.05, 0) is 24.3 Å². The molecule has 0 saturated heterocycles. The molecule has 0 atom stereocenters. The van der Waals surface area contributed by atoms with Crippen molar-refractivity contribution in [1.29, 1.82) is 0 Å². The van der Waals surface area contributed by atoms with Gasteiger partial charge >= 0.3 is 6.36 Å². The van der Waals surface area contributed by atoms with E-state index in [9.17, 15) is 26.7 Å². The molecule has 0 unspecified atom stereocenters. The Kier molecular flexibility index (Phi) is 4.74. The molecular formula is C14H7ClF5NO2. The van der Waals surface area contributed by atoms with Crippen LogP contribution in [-0.4, -0.2) is 12.3 Å². The summed E-state index contributed by atoms with van der Waals surface area (Å²) in [5.74, 6) is -4.26. The van der Waals surface area contributed by atoms with E-state index in [4.69, 9.17) is 11.6 Å². The van der Waals surface area contributed by atoms with Crippen LogP contribution in [0.3, 0.4) is 0 Å². The van der Waals surface area contributed by atoms with Gasteiger partial charge in [-0.1, -0.05) is 23.7 Å². The number of rotatable bonds is 3. The largest absolute Gasteiger partial charge is 0.573 e. The molecule has 0 aromatic heterocycles. The van der Waals surface area contributed by atoms with Crippen LogP contribution in [0.2, 0.25) is 5.02 Å². The summed E-state index contributed by atoms with van der Waals surface area (Å²) in [5.41, 5.74) is -0.747. The van der Waals surface area contributed by atoms with Gasteiger partial charge in [-0.15, -0.1) is 13.2 Å². The van der Waals surface area contributed by atoms with Crippen LogP contribution in [0.1, 0.15) is 10.4 Å². The Bertz CT molecular complexity index is 748. The Morgan fingerprint density at radius 1 is 1.09 bits per heavy atom. The predicted molar refractivity (Wildman–Crippen MR) is 72.4 cm³/mol. The Hall–Kier alpha value is -2.35. The van der Waals surface area contributed by atoms with E-state index in [0.717, 1.165) is 12.1 Å². The third-order valence-electron chi connectivity index (χ3n) is 2.62. The predicted octanol–water partition coefficient (Wildman–Crippen LogP) is 4.77. The lowest BCUT2D eigenvalue weighted by Crippen LogP contribution is -2.19. The van der Waals surface area contributed by atoms with Crippen LogP contribution in [0.15, 0.2) is 36.4 Å². The Morgan fingerprint density at radius 2 is 1.70 bits per heavy atom. The van der Waals surface area contributed by atoms with E-state index in [2.05, 4.69) is 10.1 Å². The van der Waals surface area contributed by atoms with Crippen molar-refractivity contribution >= 4 is 23.2 Å². The number of hydrogen-bond acceptors (Lipinski definition) is 2. The maximum absolute atomic E-state index is 13.2. The van der Waals surface area contributed by atoms with E-state index >= 15 is 0 Å². The average Bonchev–Trinajstić information content (AvgIpc) is 2.43. The molecule has 0 fully saturated rings. The SMILES string of the molecule is O=C(Nc1ccccc1OC(F)(F)F)c1cc(F)c(F)cc1Cl. The van der Waals surface area contributed by atoms with Gasteiger partial charge in [0.05, 0.1) is 16.3 Å². The quantitative estimate of drug-likeness (QED) is 0.639. The molecule has 1 N–H and O–H groups in total. The molecule has 9 heteroatoms. The van der Waals surface area contributed by atoms with Crippen LogP contribution in [0.25, 0.3) is 0 Å². The summed E-state index contributed by atoms with van der Waals surface area (Å²) in [6.07, 6.45) is -4.96. The molecular weight excluding hydrogens is 345 g/mol. The number of alkyl halides is 3. The monoisotopic (exact) mass is 351 g/mol. The number of benzene rings is 2. The van der Waals surface area contributed by atoms with Gasteiger partial charge in [0, 0.05) is 0 Å². The third kappa shape index (κ3) is 4.32. The highest BCUT2D eigenvalue weighted by Crippen LogP contribution is 2.31. The van der Waals surface area contributed by atoms with E-state index in [-0.39, 0.29) is 5.69 Å². The fraction of sp³-hybridized carbons (Fsp3) is 0.0714. The molecule has 0 saturated carbocycles. The zero-order chi connectivity index (χ0) is 17.2. The molecule has 2 rings (SSSR count). The number of para-hydroxylation sites is 2. The van der Waals surface area contributed by atoms with Crippen molar-refractivity contribution in [2.45, 2.75) is 6.36 Å². The summed E-state index contributed by atoms with van der Waals surface area (Å²) >= 11 is 5.63. The maximum atomic E-state index is 13.2. The van der Waals surface area contributed by atoms with Gasteiger partial charge in [0.25, 0.3) is 5.91 Å². The molecule has 0 aliphatic heterocycles. The first-order valence-corrected chi connectivity index (χ1v) is 6.36. The number of nitrogens with one attached hydrogen (secondary N) is 1. The topological polar surface area (TPSA) is 38.3 Å². The van der Waals surface area contributed by atoms with Crippen LogP contribution >= 0.6 is 11.6 Å². The minimum atomic E-state index is -4.96. The Labute approximate surface area is 131 Å². The molecule has 2 aromatic carbocycles. The van der Waals surface area contributed by atoms with Crippen molar-refractivity contribution in [2.24, 2.45) is 0 Å². The standard InChI is InChI=1S/C14H7ClF5NO2/c15-8-6-10(17)9(16)5-7(8)13(22)21-11-3-1-2-4-12(11)23-14(18,19)20/h1-6H,(H,21,22). The van der Waals surface area contributed by atoms with E-state index in [1.165, 1.54) is 12.1 Å². The molecule has 23 heavy (non-hydrogen) atoms. The molecule has 1 amide bonds. The summed E-state index contributed by atoms with van der Waals surface area (Å²) in [4.78, 5) is 12.0. The molecule has 122 valence electrons. The maximum Gasteiger partial charge on any atom is 0.573 e. The van der Waals surface area contributed by atoms with Crippen molar-refractivity contribution in [3.05, 3.63) is 58.6 Å². The van der Waals surface area contributed by atoms with Gasteiger partial charge in [-0.3, -0.25) is 4.79 Å². The second-order valence-electron chi connectivity index (χ2n) is 4.24. The summed E-state index contributed by atoms with van der Waals surface area (Å²) in [7, 11) is 0. The third-order valence-corrected chi connectivity index (χ3v) is 2.93. The van der Waals surface area contributed by atoms with Gasteiger partial charge < -0.3 is 10.1 Å². The molecule has 2 aromatic rings. The number of ether oxygens (including phenoxy) is 1. The van der Waals surface area contributed by atoms with Crippen molar-refractivity contribution in [3.63, 3.8) is 0 Å². The van der Waals surface area contributed by atoms with Crippen LogP contribution in [0, 0.1) is 11.6 Å². The molecule has 3 nitrogen and oxygen atoms in total. The van der Waals surface area contributed by atoms with Crippen molar-refractivity contribution in [1.82, 2.24) is 0 Å². The number of carbonyl (C=O) groups excluding carboxylic acids is 1. The highest BCUT2D eigenvalue weighted by Gasteiger charge is 2.32. The van der Waals surface area contributed by atoms with Crippen molar-refractivity contribution < 1.29 is 31.5 Å². The highest BCUT2D eigenvalue weighted by atomic mass is 35.5. The van der Waals surface area contributed by atoms with E-state index in [1.54, 1.807) is 0 Å². The van der Waals surface area contributed by atoms with E-state index in [1.807, 2.05) is 0 Å². The first-order chi connectivity index (χ1) is 10.7. The second kappa shape index (κ2) is 6.41. The first-order valence-electron chi connectivity index (χ1n) is 5.98. The van der Waals surface area contributed by atoms with Crippen molar-refractivity contribution in [3.8, 4) is 5.75 Å². The molecule has 0 heterocycles. The van der Waals surface area contributed by atoms with Crippen LogP contribution in [0.5, 0.6) is 5.75 Å². The minimum absolute atomic E-state index is 0.310. The lowest BCUT2D eigenvalue weighted by Gasteiger charge is -2.14. The number of anilines is 1. The average molecular weight is 352 g/mol. The molecule has 0 spiro atoms. The van der Waals surface area contributed by atoms with E-state index < -0.39 is 40.2 Å². The van der Waals surface area contributed by atoms with Gasteiger partial charge in [0.2, 0.25) is 0 Å². The molecule has 0 aliphatic rings. The minimum Gasteiger partial charge on any atom is -0.404 e. The lowest BCUT2D eigenvalue weighted by atomic mass is 10.2. The van der Waals surface area contributed by atoms with Gasteiger partial charge in [-0.2, -0.15) is 0 Å². The van der Waals surface area contributed by atoms with Crippen LogP contribution in [0.4, 0.5) is 27.6 Å². The molecule has 0 aliphatic carbocycles. The fourth-order valence-corrected chi connectivity index (χ4v) is 1.91. The van der Waals surface area contributed by atoms with Gasteiger partial charge in [0.15, 0.2) is 17.4 Å². The van der Waals surface area contributed by atoms with E-state index in [0.29, 0.717) is 12.1 Å². The summed E-state index contributed by atoms with van der Waals surface area (Å²) in [5, 5.41) is 1.71.